The second-order valence-corrected chi connectivity index (χ2v) is 8.27. The van der Waals surface area contributed by atoms with Gasteiger partial charge in [0.1, 0.15) is 5.75 Å². The number of halogens is 1. The number of hydrogen-bond acceptors (Lipinski definition) is 6. The molecule has 10 heteroatoms. The van der Waals surface area contributed by atoms with Gasteiger partial charge in [-0.1, -0.05) is 15.9 Å². The van der Waals surface area contributed by atoms with Crippen molar-refractivity contribution in [1.82, 2.24) is 10.7 Å². The number of benzene rings is 2. The topological polar surface area (TPSA) is 118 Å². The summed E-state index contributed by atoms with van der Waals surface area (Å²) in [4.78, 5) is 35.6. The Hall–Kier alpha value is -3.24. The summed E-state index contributed by atoms with van der Waals surface area (Å²) in [5, 5.41) is 9.08. The highest BCUT2D eigenvalue weighted by molar-refractivity contribution is 9.10. The zero-order chi connectivity index (χ0) is 23.6. The first-order valence-corrected chi connectivity index (χ1v) is 11.2. The lowest BCUT2D eigenvalue weighted by Crippen LogP contribution is -2.41. The van der Waals surface area contributed by atoms with Crippen molar-refractivity contribution in [3.05, 3.63) is 58.1 Å². The number of anilines is 1. The van der Waals surface area contributed by atoms with E-state index in [2.05, 4.69) is 37.1 Å². The minimum absolute atomic E-state index is 0.0398. The summed E-state index contributed by atoms with van der Waals surface area (Å²) in [6.07, 6.45) is 3.19. The maximum Gasteiger partial charge on any atom is 0.329 e. The molecule has 0 aliphatic carbocycles. The minimum atomic E-state index is -0.851. The van der Waals surface area contributed by atoms with Gasteiger partial charge in [0.2, 0.25) is 0 Å². The summed E-state index contributed by atoms with van der Waals surface area (Å²) < 4.78 is 11.9. The number of hydrazone groups is 1. The van der Waals surface area contributed by atoms with Gasteiger partial charge < -0.3 is 20.1 Å². The van der Waals surface area contributed by atoms with Crippen LogP contribution in [0.25, 0.3) is 0 Å². The third kappa shape index (κ3) is 7.99. The van der Waals surface area contributed by atoms with Crippen LogP contribution in [0, 0.1) is 6.92 Å². The fourth-order valence-electron chi connectivity index (χ4n) is 3.03. The van der Waals surface area contributed by atoms with E-state index in [1.165, 1.54) is 6.21 Å². The summed E-state index contributed by atoms with van der Waals surface area (Å²) >= 11 is 3.42. The van der Waals surface area contributed by atoms with E-state index in [0.717, 1.165) is 22.9 Å². The molecule has 9 nitrogen and oxygen atoms in total. The summed E-state index contributed by atoms with van der Waals surface area (Å²) in [5.41, 5.74) is 4.57. The van der Waals surface area contributed by atoms with Gasteiger partial charge in [-0.25, -0.2) is 5.43 Å². The molecule has 33 heavy (non-hydrogen) atoms. The van der Waals surface area contributed by atoms with Gasteiger partial charge in [0.05, 0.1) is 12.3 Å². The van der Waals surface area contributed by atoms with Crippen LogP contribution >= 0.6 is 15.9 Å². The third-order valence-electron chi connectivity index (χ3n) is 4.79. The molecule has 0 aromatic heterocycles. The Bertz CT molecular complexity index is 1020. The number of nitrogens with zero attached hydrogens (tertiary/aromatic N) is 1. The predicted octanol–water partition coefficient (Wildman–Crippen LogP) is 2.52. The zero-order valence-corrected chi connectivity index (χ0v) is 19.7. The van der Waals surface area contributed by atoms with Crippen molar-refractivity contribution < 1.29 is 23.9 Å². The molecule has 3 rings (SSSR count). The molecule has 1 saturated heterocycles. The lowest BCUT2D eigenvalue weighted by Gasteiger charge is -2.09. The van der Waals surface area contributed by atoms with E-state index in [4.69, 9.17) is 9.47 Å². The molecule has 1 aliphatic rings. The fraction of sp³-hybridized carbons (Fsp3) is 0.304. The van der Waals surface area contributed by atoms with Crippen LogP contribution in [0.3, 0.4) is 0 Å². The normalized spacial score (nSPS) is 15.3. The van der Waals surface area contributed by atoms with Crippen molar-refractivity contribution in [2.24, 2.45) is 5.10 Å². The smallest absolute Gasteiger partial charge is 0.329 e. The molecule has 0 saturated carbocycles. The zero-order valence-electron chi connectivity index (χ0n) is 18.1. The molecule has 3 N–H and O–H groups in total. The first-order chi connectivity index (χ1) is 15.9. The molecule has 2 aromatic carbocycles. The van der Waals surface area contributed by atoms with Crippen molar-refractivity contribution in [2.75, 3.05) is 25.1 Å². The monoisotopic (exact) mass is 516 g/mol. The second-order valence-electron chi connectivity index (χ2n) is 7.41. The van der Waals surface area contributed by atoms with E-state index in [1.807, 2.05) is 19.1 Å². The van der Waals surface area contributed by atoms with Gasteiger partial charge in [0, 0.05) is 23.3 Å². The number of ether oxygens (including phenoxy) is 2. The molecule has 1 fully saturated rings. The Balaban J connectivity index is 1.38. The Kier molecular flexibility index (Phi) is 8.96. The summed E-state index contributed by atoms with van der Waals surface area (Å²) in [5.74, 6) is -1.38. The maximum atomic E-state index is 12.1. The second kappa shape index (κ2) is 12.1. The highest BCUT2D eigenvalue weighted by Gasteiger charge is 2.18. The van der Waals surface area contributed by atoms with Crippen LogP contribution in [0.2, 0.25) is 0 Å². The van der Waals surface area contributed by atoms with Crippen molar-refractivity contribution >= 4 is 45.6 Å². The van der Waals surface area contributed by atoms with Gasteiger partial charge >= 0.3 is 11.8 Å². The standard InChI is InChI=1S/C23H25BrN4O5/c1-15-11-17(6-9-20(15)24)27-21(29)14-33-18-7-4-16(5-8-18)12-26-28-23(31)22(30)25-13-19-3-2-10-32-19/h4-9,11-12,19H,2-3,10,13-14H2,1H3,(H,25,30)(H,27,29)(H,28,31)/b26-12-/t19-/m0/s1. The van der Waals surface area contributed by atoms with Crippen LogP contribution in [0.15, 0.2) is 52.0 Å². The average Bonchev–Trinajstić information content (AvgIpc) is 3.33. The van der Waals surface area contributed by atoms with Crippen molar-refractivity contribution in [3.63, 3.8) is 0 Å². The van der Waals surface area contributed by atoms with Gasteiger partial charge in [-0.2, -0.15) is 5.10 Å². The molecule has 1 atom stereocenters. The minimum Gasteiger partial charge on any atom is -0.484 e. The molecule has 1 heterocycles. The number of rotatable bonds is 8. The Labute approximate surface area is 200 Å². The SMILES string of the molecule is Cc1cc(NC(=O)COc2ccc(/C=N\NC(=O)C(=O)NC[C@@H]3CCCO3)cc2)ccc1Br. The molecule has 0 unspecified atom stereocenters. The first-order valence-electron chi connectivity index (χ1n) is 10.4. The average molecular weight is 517 g/mol. The van der Waals surface area contributed by atoms with Crippen molar-refractivity contribution in [3.8, 4) is 5.75 Å². The first kappa shape index (κ1) is 24.4. The maximum absolute atomic E-state index is 12.1. The van der Waals surface area contributed by atoms with Gasteiger partial charge in [-0.3, -0.25) is 14.4 Å². The lowest BCUT2D eigenvalue weighted by atomic mass is 10.2. The number of hydrogen-bond donors (Lipinski definition) is 3. The molecule has 0 spiro atoms. The van der Waals surface area contributed by atoms with Gasteiger partial charge in [0.25, 0.3) is 5.91 Å². The van der Waals surface area contributed by atoms with E-state index in [0.29, 0.717) is 30.2 Å². The summed E-state index contributed by atoms with van der Waals surface area (Å²) in [6, 6.07) is 12.3. The molecule has 3 amide bonds. The number of aryl methyl sites for hydroxylation is 1. The molecule has 0 radical (unpaired) electrons. The van der Waals surface area contributed by atoms with Crippen LogP contribution in [0.1, 0.15) is 24.0 Å². The van der Waals surface area contributed by atoms with Gasteiger partial charge in [-0.05, 0) is 73.4 Å². The fourth-order valence-corrected chi connectivity index (χ4v) is 3.27. The molecule has 1 aliphatic heterocycles. The summed E-state index contributed by atoms with van der Waals surface area (Å²) in [7, 11) is 0. The Morgan fingerprint density at radius 2 is 1.97 bits per heavy atom. The highest BCUT2D eigenvalue weighted by atomic mass is 79.9. The quantitative estimate of drug-likeness (QED) is 0.283. The van der Waals surface area contributed by atoms with E-state index < -0.39 is 11.8 Å². The van der Waals surface area contributed by atoms with Crippen molar-refractivity contribution in [2.45, 2.75) is 25.9 Å². The number of nitrogens with one attached hydrogen (secondary N) is 3. The number of carbonyl (C=O) groups is 3. The van der Waals surface area contributed by atoms with E-state index in [1.54, 1.807) is 30.3 Å². The highest BCUT2D eigenvalue weighted by Crippen LogP contribution is 2.20. The largest absolute Gasteiger partial charge is 0.484 e. The van der Waals surface area contributed by atoms with Crippen LogP contribution in [0.4, 0.5) is 5.69 Å². The van der Waals surface area contributed by atoms with Crippen molar-refractivity contribution in [1.29, 1.82) is 0 Å². The molecular formula is C23H25BrN4O5. The van der Waals surface area contributed by atoms with Crippen LogP contribution in [0.5, 0.6) is 5.75 Å². The molecule has 2 aromatic rings. The molecular weight excluding hydrogens is 492 g/mol. The van der Waals surface area contributed by atoms with Crippen LogP contribution in [-0.2, 0) is 19.1 Å². The summed E-state index contributed by atoms with van der Waals surface area (Å²) in [6.45, 7) is 2.78. The Morgan fingerprint density at radius 3 is 2.67 bits per heavy atom. The van der Waals surface area contributed by atoms with Gasteiger partial charge in [0.15, 0.2) is 6.61 Å². The van der Waals surface area contributed by atoms with E-state index in [9.17, 15) is 14.4 Å². The van der Waals surface area contributed by atoms with Crippen LogP contribution < -0.4 is 20.8 Å². The van der Waals surface area contributed by atoms with E-state index >= 15 is 0 Å². The number of carbonyl (C=O) groups excluding carboxylic acids is 3. The van der Waals surface area contributed by atoms with E-state index in [-0.39, 0.29) is 18.6 Å². The van der Waals surface area contributed by atoms with Crippen LogP contribution in [-0.4, -0.2) is 49.8 Å². The molecule has 174 valence electrons. The molecule has 0 bridgehead atoms. The van der Waals surface area contributed by atoms with Gasteiger partial charge in [-0.15, -0.1) is 0 Å². The predicted molar refractivity (Wildman–Crippen MR) is 127 cm³/mol. The Morgan fingerprint density at radius 1 is 1.18 bits per heavy atom. The lowest BCUT2D eigenvalue weighted by molar-refractivity contribution is -0.139. The number of amides is 3. The third-order valence-corrected chi connectivity index (χ3v) is 5.68.